The maximum atomic E-state index is 14.0. The monoisotopic (exact) mass is 532 g/mol. The molecule has 202 valence electrons. The van der Waals surface area contributed by atoms with Gasteiger partial charge in [0.25, 0.3) is 0 Å². The average Bonchev–Trinajstić information content (AvgIpc) is 3.25. The highest BCUT2D eigenvalue weighted by molar-refractivity contribution is 5.89. The molecule has 2 atom stereocenters. The van der Waals surface area contributed by atoms with Gasteiger partial charge < -0.3 is 14.6 Å². The molecule has 1 saturated carbocycles. The Morgan fingerprint density at radius 3 is 2.50 bits per heavy atom. The lowest BCUT2D eigenvalue weighted by atomic mass is 9.83. The minimum atomic E-state index is -4.50. The summed E-state index contributed by atoms with van der Waals surface area (Å²) in [7, 11) is 0. The molecule has 12 heteroatoms. The van der Waals surface area contributed by atoms with E-state index in [9.17, 15) is 22.4 Å². The number of aromatic nitrogens is 4. The molecule has 3 heterocycles. The lowest BCUT2D eigenvalue weighted by molar-refractivity contribution is -0.138. The van der Waals surface area contributed by atoms with Gasteiger partial charge in [-0.25, -0.2) is 19.2 Å². The number of hydrogen-bond donors (Lipinski definition) is 1. The van der Waals surface area contributed by atoms with Crippen LogP contribution in [0.5, 0.6) is 0 Å². The minimum absolute atomic E-state index is 0.0720. The van der Waals surface area contributed by atoms with Crippen molar-refractivity contribution in [2.45, 2.75) is 69.9 Å². The molecule has 1 saturated heterocycles. The van der Waals surface area contributed by atoms with Gasteiger partial charge in [0.05, 0.1) is 23.1 Å². The molecule has 2 aliphatic rings. The van der Waals surface area contributed by atoms with Crippen LogP contribution in [0.2, 0.25) is 0 Å². The van der Waals surface area contributed by atoms with Crippen LogP contribution in [0.1, 0.15) is 57.4 Å². The number of halogens is 4. The van der Waals surface area contributed by atoms with Crippen molar-refractivity contribution in [2.24, 2.45) is 0 Å². The van der Waals surface area contributed by atoms with E-state index in [1.165, 1.54) is 36.5 Å². The fraction of sp³-hybridized carbons (Fsp3) is 0.462. The fourth-order valence-corrected chi connectivity index (χ4v) is 4.66. The molecule has 0 bridgehead atoms. The number of cyclic esters (lactones) is 1. The molecule has 1 amide bonds. The van der Waals surface area contributed by atoms with Crippen LogP contribution in [0.25, 0.3) is 5.69 Å². The van der Waals surface area contributed by atoms with Crippen molar-refractivity contribution in [3.8, 4) is 5.69 Å². The number of carbonyl (C=O) groups excluding carboxylic acids is 1. The SMILES string of the molecule is C[C@H](F)[C@H]1COC(=O)N1c1ccnc(NC2(c3cn(-c4ccc(C(C)(C)C)c(C(F)(F)F)c4)cn3)CC2)n1. The summed E-state index contributed by atoms with van der Waals surface area (Å²) in [5, 5.41) is 3.25. The summed E-state index contributed by atoms with van der Waals surface area (Å²) >= 11 is 0. The molecule has 5 rings (SSSR count). The van der Waals surface area contributed by atoms with Crippen molar-refractivity contribution < 1.29 is 27.1 Å². The first-order valence-electron chi connectivity index (χ1n) is 12.3. The summed E-state index contributed by atoms with van der Waals surface area (Å²) in [6.07, 6.45) is -0.469. The molecule has 2 aromatic heterocycles. The van der Waals surface area contributed by atoms with Gasteiger partial charge in [0.2, 0.25) is 5.95 Å². The maximum Gasteiger partial charge on any atom is 0.416 e. The first-order chi connectivity index (χ1) is 17.8. The molecule has 1 aliphatic carbocycles. The molecule has 1 aliphatic heterocycles. The molecule has 2 fully saturated rings. The number of imidazole rings is 1. The van der Waals surface area contributed by atoms with Crippen LogP contribution in [0.3, 0.4) is 0 Å². The van der Waals surface area contributed by atoms with E-state index in [0.29, 0.717) is 24.2 Å². The summed E-state index contributed by atoms with van der Waals surface area (Å²) < 4.78 is 62.2. The summed E-state index contributed by atoms with van der Waals surface area (Å²) in [5.41, 5.74) is -0.775. The van der Waals surface area contributed by atoms with E-state index in [1.807, 2.05) is 0 Å². The number of nitrogens with zero attached hydrogens (tertiary/aromatic N) is 5. The molecule has 38 heavy (non-hydrogen) atoms. The molecule has 0 spiro atoms. The standard InChI is InChI=1S/C26H28F4N6O2/c1-15(27)19-13-38-23(37)36(19)21-7-10-31-22(33-21)34-25(8-9-25)20-12-35(14-32-20)16-5-6-17(24(2,3)4)18(11-16)26(28,29)30/h5-7,10-12,14-15,19H,8-9,13H2,1-4H3,(H,31,33,34)/t15-,19+/m0/s1. The van der Waals surface area contributed by atoms with Gasteiger partial charge in [-0.1, -0.05) is 26.8 Å². The fourth-order valence-electron chi connectivity index (χ4n) is 4.66. The summed E-state index contributed by atoms with van der Waals surface area (Å²) in [4.78, 5) is 26.5. The Morgan fingerprint density at radius 2 is 1.87 bits per heavy atom. The van der Waals surface area contributed by atoms with Crippen molar-refractivity contribution in [1.82, 2.24) is 19.5 Å². The zero-order valence-electron chi connectivity index (χ0n) is 21.4. The molecule has 0 radical (unpaired) electrons. The number of nitrogens with one attached hydrogen (secondary N) is 1. The quantitative estimate of drug-likeness (QED) is 0.406. The summed E-state index contributed by atoms with van der Waals surface area (Å²) in [6, 6.07) is 5.02. The van der Waals surface area contributed by atoms with E-state index in [2.05, 4.69) is 20.3 Å². The lowest BCUT2D eigenvalue weighted by Gasteiger charge is -2.25. The van der Waals surface area contributed by atoms with Gasteiger partial charge in [-0.2, -0.15) is 18.2 Å². The van der Waals surface area contributed by atoms with Crippen LogP contribution in [0.4, 0.5) is 34.1 Å². The van der Waals surface area contributed by atoms with E-state index in [1.54, 1.807) is 37.6 Å². The number of hydrogen-bond acceptors (Lipinski definition) is 6. The van der Waals surface area contributed by atoms with Crippen LogP contribution in [-0.4, -0.2) is 44.4 Å². The first kappa shape index (κ1) is 25.9. The van der Waals surface area contributed by atoms with Crippen LogP contribution in [0.15, 0.2) is 43.0 Å². The van der Waals surface area contributed by atoms with E-state index < -0.39 is 41.0 Å². The van der Waals surface area contributed by atoms with Gasteiger partial charge >= 0.3 is 12.3 Å². The smallest absolute Gasteiger partial charge is 0.416 e. The zero-order chi connectivity index (χ0) is 27.5. The third-order valence-corrected chi connectivity index (χ3v) is 6.91. The van der Waals surface area contributed by atoms with Crippen molar-refractivity contribution in [1.29, 1.82) is 0 Å². The summed E-state index contributed by atoms with van der Waals surface area (Å²) in [5.74, 6) is 0.424. The van der Waals surface area contributed by atoms with E-state index >= 15 is 0 Å². The highest BCUT2D eigenvalue weighted by Crippen LogP contribution is 2.47. The Labute approximate surface area is 217 Å². The molecular formula is C26H28F4N6O2. The Bertz CT molecular complexity index is 1360. The Morgan fingerprint density at radius 1 is 1.13 bits per heavy atom. The van der Waals surface area contributed by atoms with Crippen LogP contribution >= 0.6 is 0 Å². The number of rotatable bonds is 6. The lowest BCUT2D eigenvalue weighted by Crippen LogP contribution is -2.39. The van der Waals surface area contributed by atoms with Crippen LogP contribution < -0.4 is 10.2 Å². The highest BCUT2D eigenvalue weighted by Gasteiger charge is 2.47. The molecule has 0 unspecified atom stereocenters. The maximum absolute atomic E-state index is 14.0. The summed E-state index contributed by atoms with van der Waals surface area (Å²) in [6.45, 7) is 6.52. The highest BCUT2D eigenvalue weighted by atomic mass is 19.4. The Kier molecular flexibility index (Phi) is 6.11. The second kappa shape index (κ2) is 8.95. The Balaban J connectivity index is 1.40. The van der Waals surface area contributed by atoms with E-state index in [0.717, 1.165) is 6.07 Å². The third-order valence-electron chi connectivity index (χ3n) is 6.91. The Hall–Kier alpha value is -3.70. The number of ether oxygens (including phenoxy) is 1. The number of alkyl halides is 4. The van der Waals surface area contributed by atoms with Crippen molar-refractivity contribution >= 4 is 17.9 Å². The molecule has 1 N–H and O–H groups in total. The topological polar surface area (TPSA) is 85.2 Å². The van der Waals surface area contributed by atoms with Gasteiger partial charge in [-0.15, -0.1) is 0 Å². The molecular weight excluding hydrogens is 504 g/mol. The van der Waals surface area contributed by atoms with E-state index in [4.69, 9.17) is 4.74 Å². The zero-order valence-corrected chi connectivity index (χ0v) is 21.4. The van der Waals surface area contributed by atoms with Gasteiger partial charge in [-0.3, -0.25) is 4.90 Å². The average molecular weight is 533 g/mol. The number of amides is 1. The predicted octanol–water partition coefficient (Wildman–Crippen LogP) is 5.76. The second-order valence-electron chi connectivity index (χ2n) is 10.8. The van der Waals surface area contributed by atoms with Crippen molar-refractivity contribution in [2.75, 3.05) is 16.8 Å². The van der Waals surface area contributed by atoms with Gasteiger partial charge in [-0.05, 0) is 48.9 Å². The van der Waals surface area contributed by atoms with Gasteiger partial charge in [0.15, 0.2) is 0 Å². The third kappa shape index (κ3) is 4.79. The van der Waals surface area contributed by atoms with Gasteiger partial charge in [0.1, 0.15) is 24.6 Å². The van der Waals surface area contributed by atoms with Crippen LogP contribution in [0, 0.1) is 0 Å². The van der Waals surface area contributed by atoms with Crippen molar-refractivity contribution in [3.63, 3.8) is 0 Å². The number of benzene rings is 1. The number of carbonyl (C=O) groups is 1. The molecule has 3 aromatic rings. The van der Waals surface area contributed by atoms with Crippen molar-refractivity contribution in [3.05, 3.63) is 59.8 Å². The number of anilines is 2. The predicted molar refractivity (Wildman–Crippen MR) is 132 cm³/mol. The minimum Gasteiger partial charge on any atom is -0.447 e. The van der Waals surface area contributed by atoms with E-state index in [-0.39, 0.29) is 23.9 Å². The normalized spacial score (nSPS) is 19.8. The first-order valence-corrected chi connectivity index (χ1v) is 12.3. The van der Waals surface area contributed by atoms with Crippen LogP contribution in [-0.2, 0) is 21.9 Å². The molecule has 1 aromatic carbocycles. The second-order valence-corrected chi connectivity index (χ2v) is 10.8. The molecule has 8 nitrogen and oxygen atoms in total. The van der Waals surface area contributed by atoms with Gasteiger partial charge in [0, 0.05) is 18.1 Å². The largest absolute Gasteiger partial charge is 0.447 e.